The second-order valence-corrected chi connectivity index (χ2v) is 8.00. The molecule has 1 aliphatic heterocycles. The van der Waals surface area contributed by atoms with Crippen molar-refractivity contribution in [2.24, 2.45) is 7.05 Å². The fourth-order valence-electron chi connectivity index (χ4n) is 3.46. The van der Waals surface area contributed by atoms with E-state index in [1.165, 1.54) is 4.90 Å². The number of nitrogens with zero attached hydrogens (tertiary/aromatic N) is 3. The SMILES string of the molecule is CNc1cccc2c1nc(C(C#Cc1ccc(CN3C(=O)CSC3=O)cc1)OC)n2C. The highest BCUT2D eigenvalue weighted by atomic mass is 32.2. The highest BCUT2D eigenvalue weighted by Gasteiger charge is 2.29. The number of benzene rings is 2. The number of imide groups is 1. The van der Waals surface area contributed by atoms with Crippen molar-refractivity contribution in [1.82, 2.24) is 14.5 Å². The van der Waals surface area contributed by atoms with Crippen LogP contribution in [0, 0.1) is 11.8 Å². The Balaban J connectivity index is 1.55. The van der Waals surface area contributed by atoms with Crippen molar-refractivity contribution in [1.29, 1.82) is 0 Å². The highest BCUT2D eigenvalue weighted by molar-refractivity contribution is 8.14. The third-order valence-electron chi connectivity index (χ3n) is 5.17. The molecule has 7 nitrogen and oxygen atoms in total. The van der Waals surface area contributed by atoms with Crippen molar-refractivity contribution in [2.45, 2.75) is 12.6 Å². The van der Waals surface area contributed by atoms with Crippen LogP contribution in [0.5, 0.6) is 0 Å². The largest absolute Gasteiger partial charge is 0.386 e. The van der Waals surface area contributed by atoms with Gasteiger partial charge in [0.1, 0.15) is 5.52 Å². The Bertz CT molecular complexity index is 1190. The van der Waals surface area contributed by atoms with Gasteiger partial charge in [-0.2, -0.15) is 0 Å². The first-order valence-electron chi connectivity index (χ1n) is 9.75. The summed E-state index contributed by atoms with van der Waals surface area (Å²) in [5.41, 5.74) is 4.52. The van der Waals surface area contributed by atoms with Crippen molar-refractivity contribution in [3.05, 3.63) is 59.4 Å². The summed E-state index contributed by atoms with van der Waals surface area (Å²) in [7, 11) is 5.43. The van der Waals surface area contributed by atoms with Crippen LogP contribution in [0.15, 0.2) is 42.5 Å². The van der Waals surface area contributed by atoms with E-state index in [2.05, 4.69) is 17.2 Å². The molecule has 1 aliphatic rings. The van der Waals surface area contributed by atoms with E-state index in [4.69, 9.17) is 9.72 Å². The molecule has 0 bridgehead atoms. The van der Waals surface area contributed by atoms with Crippen LogP contribution in [0.4, 0.5) is 10.5 Å². The van der Waals surface area contributed by atoms with Gasteiger partial charge in [0.15, 0.2) is 11.9 Å². The van der Waals surface area contributed by atoms with Gasteiger partial charge in [-0.3, -0.25) is 14.5 Å². The van der Waals surface area contributed by atoms with Crippen LogP contribution < -0.4 is 5.32 Å². The molecule has 8 heteroatoms. The summed E-state index contributed by atoms with van der Waals surface area (Å²) in [5, 5.41) is 2.97. The first-order valence-corrected chi connectivity index (χ1v) is 10.7. The first-order chi connectivity index (χ1) is 15.0. The molecule has 2 aromatic carbocycles. The number of amides is 2. The molecule has 158 valence electrons. The number of carbonyl (C=O) groups is 2. The predicted molar refractivity (Wildman–Crippen MR) is 122 cm³/mol. The van der Waals surface area contributed by atoms with E-state index >= 15 is 0 Å². The number of nitrogens with one attached hydrogen (secondary N) is 1. The molecule has 3 aromatic rings. The zero-order valence-corrected chi connectivity index (χ0v) is 18.3. The molecule has 0 saturated carbocycles. The Morgan fingerprint density at radius 3 is 2.65 bits per heavy atom. The van der Waals surface area contributed by atoms with Crippen molar-refractivity contribution in [3.8, 4) is 11.8 Å². The lowest BCUT2D eigenvalue weighted by atomic mass is 10.1. The fraction of sp³-hybridized carbons (Fsp3) is 0.261. The molecule has 4 rings (SSSR count). The Hall–Kier alpha value is -3.28. The molecule has 1 saturated heterocycles. The van der Waals surface area contributed by atoms with Gasteiger partial charge in [0.2, 0.25) is 5.91 Å². The maximum Gasteiger partial charge on any atom is 0.289 e. The Labute approximate surface area is 184 Å². The van der Waals surface area contributed by atoms with Crippen LogP contribution in [0.1, 0.15) is 23.1 Å². The summed E-state index contributed by atoms with van der Waals surface area (Å²) in [6.07, 6.45) is -0.487. The van der Waals surface area contributed by atoms with Gasteiger partial charge < -0.3 is 14.6 Å². The lowest BCUT2D eigenvalue weighted by Gasteiger charge is -2.12. The van der Waals surface area contributed by atoms with Crippen LogP contribution in [0.25, 0.3) is 11.0 Å². The number of methoxy groups -OCH3 is 1. The molecule has 0 spiro atoms. The van der Waals surface area contributed by atoms with E-state index in [1.54, 1.807) is 7.11 Å². The number of carbonyl (C=O) groups excluding carboxylic acids is 2. The van der Waals surface area contributed by atoms with Gasteiger partial charge in [0.05, 0.1) is 23.5 Å². The number of rotatable bonds is 5. The fourth-order valence-corrected chi connectivity index (χ4v) is 4.18. The molecule has 2 heterocycles. The number of hydrogen-bond donors (Lipinski definition) is 1. The molecular weight excluding hydrogens is 412 g/mol. The van der Waals surface area contributed by atoms with Gasteiger partial charge in [-0.25, -0.2) is 4.98 Å². The first kappa shape index (κ1) is 21.0. The number of anilines is 1. The molecule has 1 aromatic heterocycles. The van der Waals surface area contributed by atoms with Gasteiger partial charge in [-0.05, 0) is 29.8 Å². The van der Waals surface area contributed by atoms with E-state index in [0.717, 1.165) is 45.4 Å². The van der Waals surface area contributed by atoms with Gasteiger partial charge >= 0.3 is 0 Å². The summed E-state index contributed by atoms with van der Waals surface area (Å²) < 4.78 is 7.61. The third-order valence-corrected chi connectivity index (χ3v) is 6.03. The smallest absolute Gasteiger partial charge is 0.289 e. The number of imidazole rings is 1. The van der Waals surface area contributed by atoms with Crippen molar-refractivity contribution >= 4 is 39.6 Å². The molecule has 0 radical (unpaired) electrons. The monoisotopic (exact) mass is 434 g/mol. The maximum atomic E-state index is 11.8. The average Bonchev–Trinajstić information content (AvgIpc) is 3.29. The molecule has 2 amide bonds. The molecule has 31 heavy (non-hydrogen) atoms. The van der Waals surface area contributed by atoms with Gasteiger partial charge in [0, 0.05) is 26.8 Å². The van der Waals surface area contributed by atoms with E-state index in [0.29, 0.717) is 0 Å². The number of fused-ring (bicyclic) bond motifs is 1. The van der Waals surface area contributed by atoms with E-state index in [9.17, 15) is 9.59 Å². The standard InChI is InChI=1S/C23H22N4O3S/c1-24-17-5-4-6-18-21(17)25-22(26(18)2)19(30-3)12-11-15-7-9-16(10-8-15)13-27-20(28)14-31-23(27)29/h4-10,19,24H,13-14H2,1-3H3. The number of hydrogen-bond acceptors (Lipinski definition) is 6. The average molecular weight is 435 g/mol. The number of aryl methyl sites for hydroxylation is 1. The van der Waals surface area contributed by atoms with Gasteiger partial charge in [-0.1, -0.05) is 41.8 Å². The predicted octanol–water partition coefficient (Wildman–Crippen LogP) is 3.55. The Morgan fingerprint density at radius 1 is 1.23 bits per heavy atom. The topological polar surface area (TPSA) is 76.5 Å². The normalized spacial score (nSPS) is 14.6. The summed E-state index contributed by atoms with van der Waals surface area (Å²) in [6.45, 7) is 0.284. The number of aromatic nitrogens is 2. The van der Waals surface area contributed by atoms with Crippen LogP contribution in [-0.4, -0.2) is 45.5 Å². The second kappa shape index (κ2) is 8.84. The summed E-state index contributed by atoms with van der Waals surface area (Å²) in [5.74, 6) is 7.09. The van der Waals surface area contributed by atoms with E-state index in [-0.39, 0.29) is 23.4 Å². The second-order valence-electron chi connectivity index (χ2n) is 7.07. The number of thioether (sulfide) groups is 1. The summed E-state index contributed by atoms with van der Waals surface area (Å²) >= 11 is 1.04. The zero-order chi connectivity index (χ0) is 22.0. The van der Waals surface area contributed by atoms with Crippen LogP contribution >= 0.6 is 11.8 Å². The quantitative estimate of drug-likeness (QED) is 0.619. The van der Waals surface area contributed by atoms with Crippen molar-refractivity contribution in [3.63, 3.8) is 0 Å². The lowest BCUT2D eigenvalue weighted by Crippen LogP contribution is -2.27. The number of para-hydroxylation sites is 1. The molecular formula is C23H22N4O3S. The van der Waals surface area contributed by atoms with Gasteiger partial charge in [0.25, 0.3) is 5.24 Å². The Morgan fingerprint density at radius 2 is 2.00 bits per heavy atom. The molecule has 1 unspecified atom stereocenters. The maximum absolute atomic E-state index is 11.8. The molecule has 1 atom stereocenters. The van der Waals surface area contributed by atoms with Crippen molar-refractivity contribution < 1.29 is 14.3 Å². The van der Waals surface area contributed by atoms with Crippen LogP contribution in [-0.2, 0) is 23.1 Å². The lowest BCUT2D eigenvalue weighted by molar-refractivity contribution is -0.125. The van der Waals surface area contributed by atoms with E-state index in [1.807, 2.05) is 61.1 Å². The Kier molecular flexibility index (Phi) is 5.98. The minimum Gasteiger partial charge on any atom is -0.386 e. The molecule has 1 fully saturated rings. The third kappa shape index (κ3) is 4.15. The molecule has 0 aliphatic carbocycles. The molecule has 1 N–H and O–H groups in total. The minimum absolute atomic E-state index is 0.148. The van der Waals surface area contributed by atoms with Crippen LogP contribution in [0.2, 0.25) is 0 Å². The van der Waals surface area contributed by atoms with Gasteiger partial charge in [-0.15, -0.1) is 0 Å². The number of ether oxygens (including phenoxy) is 1. The minimum atomic E-state index is -0.487. The highest BCUT2D eigenvalue weighted by Crippen LogP contribution is 2.26. The van der Waals surface area contributed by atoms with E-state index < -0.39 is 6.10 Å². The van der Waals surface area contributed by atoms with Crippen molar-refractivity contribution in [2.75, 3.05) is 25.2 Å². The zero-order valence-electron chi connectivity index (χ0n) is 17.5. The van der Waals surface area contributed by atoms with Crippen LogP contribution in [0.3, 0.4) is 0 Å². The summed E-state index contributed by atoms with van der Waals surface area (Å²) in [4.78, 5) is 29.6. The summed E-state index contributed by atoms with van der Waals surface area (Å²) in [6, 6.07) is 13.5.